The van der Waals surface area contributed by atoms with Crippen LogP contribution in [0.4, 0.5) is 0 Å². The summed E-state index contributed by atoms with van der Waals surface area (Å²) in [6, 6.07) is 9.39. The van der Waals surface area contributed by atoms with Gasteiger partial charge in [-0.2, -0.15) is 18.2 Å². The second kappa shape index (κ2) is 3.62. The monoisotopic (exact) mass is 157 g/mol. The molecule has 1 aromatic carbocycles. The molecule has 0 bridgehead atoms. The van der Waals surface area contributed by atoms with Gasteiger partial charge in [0.1, 0.15) is 0 Å². The fourth-order valence-electron chi connectivity index (χ4n) is 0.384. The Balaban J connectivity index is 0.000000490. The van der Waals surface area contributed by atoms with Gasteiger partial charge < -0.3 is 5.11 Å². The van der Waals surface area contributed by atoms with Crippen molar-refractivity contribution in [2.75, 3.05) is 0 Å². The summed E-state index contributed by atoms with van der Waals surface area (Å²) in [6.45, 7) is 0. The molecule has 0 aliphatic carbocycles. The van der Waals surface area contributed by atoms with E-state index in [1.54, 1.807) is 24.3 Å². The van der Waals surface area contributed by atoms with Crippen molar-refractivity contribution < 1.29 is 24.6 Å². The number of para-hydroxylation sites is 1. The van der Waals surface area contributed by atoms with Crippen LogP contribution in [0.5, 0.6) is 5.75 Å². The van der Waals surface area contributed by atoms with E-state index in [1.807, 2.05) is 0 Å². The summed E-state index contributed by atoms with van der Waals surface area (Å²) in [5.41, 5.74) is 0. The van der Waals surface area contributed by atoms with Crippen LogP contribution in [-0.4, -0.2) is 5.11 Å². The number of rotatable bonds is 0. The van der Waals surface area contributed by atoms with Crippen LogP contribution in [0.2, 0.25) is 0 Å². The Labute approximate surface area is 61.1 Å². The van der Waals surface area contributed by atoms with Gasteiger partial charge in [0, 0.05) is 25.2 Å². The fourth-order valence-corrected chi connectivity index (χ4v) is 0.384. The maximum atomic E-state index is 8.58. The average molecular weight is 158 g/mol. The number of aromatic hydroxyl groups is 1. The zero-order valence-corrected chi connectivity index (χ0v) is 7.43. The molecule has 8 heavy (non-hydrogen) atoms. The first-order chi connectivity index (χ1) is 3.39. The Morgan fingerprint density at radius 1 is 1.38 bits per heavy atom. The maximum Gasteiger partial charge on any atom is 0.00397 e. The van der Waals surface area contributed by atoms with Crippen molar-refractivity contribution in [3.63, 3.8) is 0 Å². The normalized spacial score (nSPS) is 7.50. The van der Waals surface area contributed by atoms with Crippen molar-refractivity contribution >= 4 is 0 Å². The minimum absolute atomic E-state index is 0. The number of benzene rings is 1. The van der Waals surface area contributed by atoms with E-state index in [-0.39, 0.29) is 25.2 Å². The maximum absolute atomic E-state index is 8.58. The summed E-state index contributed by atoms with van der Waals surface area (Å²) in [4.78, 5) is 0. The van der Waals surface area contributed by atoms with Gasteiger partial charge in [0.05, 0.1) is 0 Å². The van der Waals surface area contributed by atoms with Crippen molar-refractivity contribution in [1.82, 2.24) is 0 Å². The molecule has 1 N–H and O–H groups in total. The van der Waals surface area contributed by atoms with Crippen LogP contribution in [0, 0.1) is 6.07 Å². The Hall–Kier alpha value is -0.357. The first kappa shape index (κ1) is 7.64. The Morgan fingerprint density at radius 3 is 2.38 bits per heavy atom. The number of phenolic OH excluding ortho intramolecular Hbond substituents is 1. The molecule has 0 aliphatic rings. The van der Waals surface area contributed by atoms with Crippen molar-refractivity contribution in [2.45, 2.75) is 0 Å². The van der Waals surface area contributed by atoms with Gasteiger partial charge in [-0.1, -0.05) is 0 Å². The molecule has 0 radical (unpaired) electrons. The third kappa shape index (κ3) is 2.08. The number of hydrogen-bond donors (Lipinski definition) is 1. The van der Waals surface area contributed by atoms with E-state index in [0.717, 1.165) is 0 Å². The minimum atomic E-state index is 0. The molecule has 0 spiro atoms. The zero-order chi connectivity index (χ0) is 5.11. The molecular formula is C6H5OZn-. The minimum Gasteiger partial charge on any atom is -0.534 e. The summed E-state index contributed by atoms with van der Waals surface area (Å²) in [7, 11) is 0. The molecule has 0 heterocycles. The van der Waals surface area contributed by atoms with E-state index in [4.69, 9.17) is 5.11 Å². The largest absolute Gasteiger partial charge is 0.534 e. The second-order valence-electron chi connectivity index (χ2n) is 1.25. The van der Waals surface area contributed by atoms with Gasteiger partial charge in [-0.05, 0) is 0 Å². The van der Waals surface area contributed by atoms with E-state index < -0.39 is 0 Å². The quantitative estimate of drug-likeness (QED) is 0.444. The predicted molar refractivity (Wildman–Crippen MR) is 26.9 cm³/mol. The molecule has 1 aromatic rings. The summed E-state index contributed by atoms with van der Waals surface area (Å²) < 4.78 is 0. The summed E-state index contributed by atoms with van der Waals surface area (Å²) in [5, 5.41) is 8.58. The smallest absolute Gasteiger partial charge is 0.00397 e. The van der Waals surface area contributed by atoms with Crippen LogP contribution in [0.3, 0.4) is 0 Å². The van der Waals surface area contributed by atoms with E-state index in [1.165, 1.54) is 0 Å². The Bertz CT molecular complexity index is 138. The molecule has 1 nitrogen and oxygen atoms in total. The summed E-state index contributed by atoms with van der Waals surface area (Å²) >= 11 is 0. The molecule has 2 heteroatoms. The van der Waals surface area contributed by atoms with Gasteiger partial charge in [-0.15, -0.1) is 12.1 Å². The van der Waals surface area contributed by atoms with Gasteiger partial charge in [0.15, 0.2) is 0 Å². The van der Waals surface area contributed by atoms with E-state index in [9.17, 15) is 0 Å². The Kier molecular flexibility index (Phi) is 3.46. The summed E-state index contributed by atoms with van der Waals surface area (Å²) in [5.74, 6) is 0.197. The first-order valence-corrected chi connectivity index (χ1v) is 2.05. The third-order valence-electron chi connectivity index (χ3n) is 0.693. The molecule has 0 unspecified atom stereocenters. The van der Waals surface area contributed by atoms with Crippen LogP contribution in [0.25, 0.3) is 0 Å². The van der Waals surface area contributed by atoms with Crippen LogP contribution >= 0.6 is 0 Å². The summed E-state index contributed by atoms with van der Waals surface area (Å²) in [6.07, 6.45) is 0. The van der Waals surface area contributed by atoms with Crippen LogP contribution in [-0.2, 0) is 19.5 Å². The molecule has 0 aromatic heterocycles. The topological polar surface area (TPSA) is 20.2 Å². The predicted octanol–water partition coefficient (Wildman–Crippen LogP) is 1.19. The van der Waals surface area contributed by atoms with Crippen LogP contribution in [0.15, 0.2) is 24.3 Å². The molecule has 0 saturated carbocycles. The molecule has 38 valence electrons. The first-order valence-electron chi connectivity index (χ1n) is 2.05. The number of hydrogen-bond acceptors (Lipinski definition) is 1. The average Bonchev–Trinajstić information content (AvgIpc) is 1.69. The van der Waals surface area contributed by atoms with Gasteiger partial charge >= 0.3 is 0 Å². The van der Waals surface area contributed by atoms with E-state index in [0.29, 0.717) is 0 Å². The number of phenols is 1. The molecule has 0 atom stereocenters. The standard InChI is InChI=1S/C6H5O.Zn/c7-6-4-2-1-3-5-6;/h1-4,7H;/q-1;. The van der Waals surface area contributed by atoms with Gasteiger partial charge in [0.2, 0.25) is 0 Å². The molecule has 0 amide bonds. The van der Waals surface area contributed by atoms with E-state index >= 15 is 0 Å². The molecule has 0 fully saturated rings. The Morgan fingerprint density at radius 2 is 2.12 bits per heavy atom. The fraction of sp³-hybridized carbons (Fsp3) is 0. The molecule has 0 saturated heterocycles. The van der Waals surface area contributed by atoms with E-state index in [2.05, 4.69) is 6.07 Å². The van der Waals surface area contributed by atoms with Crippen molar-refractivity contribution in [3.8, 4) is 5.75 Å². The molecule has 0 aliphatic heterocycles. The van der Waals surface area contributed by atoms with Gasteiger partial charge in [0.25, 0.3) is 0 Å². The SMILES string of the molecule is Oc1[c-]cccc1.[Zn]. The second-order valence-corrected chi connectivity index (χ2v) is 1.25. The van der Waals surface area contributed by atoms with Crippen molar-refractivity contribution in [3.05, 3.63) is 30.3 Å². The van der Waals surface area contributed by atoms with Crippen molar-refractivity contribution in [2.24, 2.45) is 0 Å². The third-order valence-corrected chi connectivity index (χ3v) is 0.693. The van der Waals surface area contributed by atoms with Gasteiger partial charge in [-0.3, -0.25) is 0 Å². The van der Waals surface area contributed by atoms with Crippen LogP contribution < -0.4 is 0 Å². The zero-order valence-electron chi connectivity index (χ0n) is 4.46. The molecular weight excluding hydrogens is 153 g/mol. The van der Waals surface area contributed by atoms with Crippen molar-refractivity contribution in [1.29, 1.82) is 0 Å². The van der Waals surface area contributed by atoms with Crippen LogP contribution in [0.1, 0.15) is 0 Å². The van der Waals surface area contributed by atoms with Gasteiger partial charge in [-0.25, -0.2) is 0 Å². The molecule has 1 rings (SSSR count).